The fourth-order valence-electron chi connectivity index (χ4n) is 4.33. The van der Waals surface area contributed by atoms with Crippen LogP contribution in [0.4, 0.5) is 5.69 Å². The van der Waals surface area contributed by atoms with Gasteiger partial charge in [-0.15, -0.1) is 0 Å². The average molecular weight is 463 g/mol. The van der Waals surface area contributed by atoms with Gasteiger partial charge in [0.2, 0.25) is 15.9 Å². The lowest BCUT2D eigenvalue weighted by Gasteiger charge is -2.40. The molecule has 1 heterocycles. The van der Waals surface area contributed by atoms with Crippen molar-refractivity contribution in [3.63, 3.8) is 0 Å². The molecule has 0 radical (unpaired) electrons. The van der Waals surface area contributed by atoms with E-state index in [0.717, 1.165) is 37.7 Å². The third-order valence-electron chi connectivity index (χ3n) is 6.22. The lowest BCUT2D eigenvalue weighted by molar-refractivity contribution is -0.124. The number of nitrogens with one attached hydrogen (secondary N) is 1. The van der Waals surface area contributed by atoms with Crippen molar-refractivity contribution in [2.75, 3.05) is 25.0 Å². The van der Waals surface area contributed by atoms with Gasteiger partial charge in [-0.05, 0) is 68.5 Å². The third-order valence-corrected chi connectivity index (χ3v) is 8.39. The van der Waals surface area contributed by atoms with Crippen LogP contribution in [0.2, 0.25) is 5.02 Å². The van der Waals surface area contributed by atoms with Crippen LogP contribution in [0.3, 0.4) is 0 Å². The first kappa shape index (κ1) is 22.1. The summed E-state index contributed by atoms with van der Waals surface area (Å²) in [5, 5.41) is 3.59. The van der Waals surface area contributed by atoms with Crippen LogP contribution in [-0.2, 0) is 20.2 Å². The number of rotatable bonds is 7. The van der Waals surface area contributed by atoms with Gasteiger partial charge in [0, 0.05) is 23.8 Å². The summed E-state index contributed by atoms with van der Waals surface area (Å²) in [6.07, 6.45) is 4.16. The fraction of sp³-hybridized carbons (Fsp3) is 0.435. The number of hydrogen-bond acceptors (Lipinski definition) is 4. The lowest BCUT2D eigenvalue weighted by atomic mass is 9.64. The Morgan fingerprint density at radius 3 is 2.35 bits per heavy atom. The van der Waals surface area contributed by atoms with Gasteiger partial charge in [0.25, 0.3) is 0 Å². The molecule has 1 saturated carbocycles. The molecule has 31 heavy (non-hydrogen) atoms. The van der Waals surface area contributed by atoms with Gasteiger partial charge >= 0.3 is 0 Å². The molecule has 0 atom stereocenters. The Morgan fingerprint density at radius 2 is 1.77 bits per heavy atom. The first-order valence-electron chi connectivity index (χ1n) is 10.7. The van der Waals surface area contributed by atoms with Gasteiger partial charge in [-0.3, -0.25) is 4.79 Å². The largest absolute Gasteiger partial charge is 0.492 e. The predicted molar refractivity (Wildman–Crippen MR) is 121 cm³/mol. The van der Waals surface area contributed by atoms with E-state index in [9.17, 15) is 13.2 Å². The maximum Gasteiger partial charge on any atom is 0.246 e. The van der Waals surface area contributed by atoms with Crippen molar-refractivity contribution in [3.8, 4) is 5.75 Å². The summed E-state index contributed by atoms with van der Waals surface area (Å²) in [6.45, 7) is 3.18. The second kappa shape index (κ2) is 8.81. The first-order valence-corrected chi connectivity index (χ1v) is 12.5. The van der Waals surface area contributed by atoms with E-state index < -0.39 is 15.4 Å². The van der Waals surface area contributed by atoms with Gasteiger partial charge < -0.3 is 10.1 Å². The Morgan fingerprint density at radius 1 is 1.10 bits per heavy atom. The maximum absolute atomic E-state index is 13.3. The summed E-state index contributed by atoms with van der Waals surface area (Å²) in [6, 6.07) is 12.2. The second-order valence-electron chi connectivity index (χ2n) is 8.10. The molecule has 8 heteroatoms. The van der Waals surface area contributed by atoms with Crippen molar-refractivity contribution in [3.05, 3.63) is 53.1 Å². The van der Waals surface area contributed by atoms with E-state index in [1.54, 1.807) is 24.3 Å². The number of ether oxygens (including phenoxy) is 1. The number of sulfonamides is 1. The van der Waals surface area contributed by atoms with Crippen LogP contribution in [-0.4, -0.2) is 38.3 Å². The normalized spacial score (nSPS) is 18.4. The topological polar surface area (TPSA) is 75.7 Å². The van der Waals surface area contributed by atoms with Crippen molar-refractivity contribution in [1.82, 2.24) is 4.31 Å². The van der Waals surface area contributed by atoms with Crippen molar-refractivity contribution < 1.29 is 17.9 Å². The minimum atomic E-state index is -3.69. The van der Waals surface area contributed by atoms with E-state index in [2.05, 4.69) is 5.32 Å². The number of carbonyl (C=O) groups excluding carboxylic acids is 1. The minimum Gasteiger partial charge on any atom is -0.492 e. The molecule has 166 valence electrons. The van der Waals surface area contributed by atoms with E-state index in [1.807, 2.05) is 19.1 Å². The highest BCUT2D eigenvalue weighted by Crippen LogP contribution is 2.45. The Bertz CT molecular complexity index is 1060. The Kier molecular flexibility index (Phi) is 6.28. The quantitative estimate of drug-likeness (QED) is 0.653. The van der Waals surface area contributed by atoms with Crippen molar-refractivity contribution >= 4 is 33.2 Å². The summed E-state index contributed by atoms with van der Waals surface area (Å²) in [5.41, 5.74) is 0.764. The highest BCUT2D eigenvalue weighted by molar-refractivity contribution is 7.89. The molecule has 2 aliphatic rings. The van der Waals surface area contributed by atoms with Crippen LogP contribution in [0.15, 0.2) is 47.4 Å². The van der Waals surface area contributed by atoms with Gasteiger partial charge in [-0.25, -0.2) is 8.42 Å². The monoisotopic (exact) mass is 462 g/mol. The molecular formula is C23H27ClN2O4S. The van der Waals surface area contributed by atoms with E-state index in [1.165, 1.54) is 10.4 Å². The number of anilines is 1. The molecule has 1 N–H and O–H groups in total. The predicted octanol–water partition coefficient (Wildman–Crippen LogP) is 4.58. The highest BCUT2D eigenvalue weighted by atomic mass is 35.5. The van der Waals surface area contributed by atoms with E-state index in [0.29, 0.717) is 36.2 Å². The van der Waals surface area contributed by atoms with Gasteiger partial charge in [-0.1, -0.05) is 30.2 Å². The zero-order chi connectivity index (χ0) is 22.1. The number of amides is 1. The van der Waals surface area contributed by atoms with Gasteiger partial charge in [0.1, 0.15) is 10.6 Å². The second-order valence-corrected chi connectivity index (χ2v) is 10.4. The Labute approximate surface area is 188 Å². The summed E-state index contributed by atoms with van der Waals surface area (Å²) in [4.78, 5) is 13.4. The van der Waals surface area contributed by atoms with Crippen molar-refractivity contribution in [2.24, 2.45) is 0 Å². The Balaban J connectivity index is 1.64. The molecule has 0 unspecified atom stereocenters. The molecule has 2 aromatic carbocycles. The van der Waals surface area contributed by atoms with Crippen molar-refractivity contribution in [2.45, 2.75) is 49.3 Å². The smallest absolute Gasteiger partial charge is 0.246 e. The van der Waals surface area contributed by atoms with E-state index in [4.69, 9.17) is 16.3 Å². The third kappa shape index (κ3) is 4.19. The van der Waals surface area contributed by atoms with Crippen LogP contribution in [0.5, 0.6) is 5.75 Å². The van der Waals surface area contributed by atoms with Gasteiger partial charge in [0.15, 0.2) is 0 Å². The first-order chi connectivity index (χ1) is 14.9. The molecule has 1 aliphatic heterocycles. The SMILES string of the molecule is CCOc1ccc(NC(=O)C2(c3ccc(Cl)cc3)CCC2)cc1S(=O)(=O)N1CCCC1. The summed E-state index contributed by atoms with van der Waals surface area (Å²) in [5.74, 6) is 0.179. The van der Waals surface area contributed by atoms with Crippen LogP contribution in [0.1, 0.15) is 44.6 Å². The van der Waals surface area contributed by atoms with Gasteiger partial charge in [-0.2, -0.15) is 4.31 Å². The molecule has 0 bridgehead atoms. The fourth-order valence-corrected chi connectivity index (χ4v) is 6.13. The van der Waals surface area contributed by atoms with Crippen LogP contribution < -0.4 is 10.1 Å². The molecule has 0 aromatic heterocycles. The minimum absolute atomic E-state index is 0.100. The highest BCUT2D eigenvalue weighted by Gasteiger charge is 2.45. The summed E-state index contributed by atoms with van der Waals surface area (Å²) in [7, 11) is -3.69. The van der Waals surface area contributed by atoms with Crippen LogP contribution in [0.25, 0.3) is 0 Å². The molecular weight excluding hydrogens is 436 g/mol. The Hall–Kier alpha value is -2.09. The number of benzene rings is 2. The van der Waals surface area contributed by atoms with E-state index >= 15 is 0 Å². The molecule has 1 saturated heterocycles. The number of carbonyl (C=O) groups is 1. The molecule has 1 amide bonds. The molecule has 6 nitrogen and oxygen atoms in total. The average Bonchev–Trinajstić information content (AvgIpc) is 3.26. The van der Waals surface area contributed by atoms with Crippen molar-refractivity contribution in [1.29, 1.82) is 0 Å². The van der Waals surface area contributed by atoms with Crippen LogP contribution >= 0.6 is 11.6 Å². The molecule has 0 spiro atoms. The molecule has 2 fully saturated rings. The standard InChI is InChI=1S/C23H27ClN2O4S/c1-2-30-20-11-10-19(16-21(20)31(28,29)26-14-3-4-15-26)25-22(27)23(12-5-13-23)17-6-8-18(24)9-7-17/h6-11,16H,2-5,12-15H2,1H3,(H,25,27). The van der Waals surface area contributed by atoms with E-state index in [-0.39, 0.29) is 10.8 Å². The van der Waals surface area contributed by atoms with Gasteiger partial charge in [0.05, 0.1) is 12.0 Å². The lowest BCUT2D eigenvalue weighted by Crippen LogP contribution is -2.46. The zero-order valence-corrected chi connectivity index (χ0v) is 19.1. The molecule has 1 aliphatic carbocycles. The summed E-state index contributed by atoms with van der Waals surface area (Å²) < 4.78 is 33.5. The summed E-state index contributed by atoms with van der Waals surface area (Å²) >= 11 is 6.01. The molecule has 4 rings (SSSR count). The number of nitrogens with zero attached hydrogens (tertiary/aromatic N) is 1. The zero-order valence-electron chi connectivity index (χ0n) is 17.6. The molecule has 2 aromatic rings. The maximum atomic E-state index is 13.3. The van der Waals surface area contributed by atoms with Crippen LogP contribution in [0, 0.1) is 0 Å². The number of halogens is 1. The number of hydrogen-bond donors (Lipinski definition) is 1.